The molecule has 0 aliphatic heterocycles. The number of hydrogen-bond acceptors (Lipinski definition) is 3. The quantitative estimate of drug-likeness (QED) is 0.764. The third-order valence-electron chi connectivity index (χ3n) is 1.89. The van der Waals surface area contributed by atoms with Crippen molar-refractivity contribution in [1.82, 2.24) is 0 Å². The SMILES string of the molecule is CC(=O)Nc1ccc(NC(=O)[C@@H](C)N)cc1.Cl. The highest BCUT2D eigenvalue weighted by atomic mass is 35.5. The van der Waals surface area contributed by atoms with Crippen LogP contribution in [0.3, 0.4) is 0 Å². The van der Waals surface area contributed by atoms with Gasteiger partial charge in [0.25, 0.3) is 0 Å². The Morgan fingerprint density at radius 1 is 1.12 bits per heavy atom. The lowest BCUT2D eigenvalue weighted by Crippen LogP contribution is -2.32. The number of carbonyl (C=O) groups is 2. The average molecular weight is 258 g/mol. The molecule has 1 aromatic rings. The third-order valence-corrected chi connectivity index (χ3v) is 1.89. The topological polar surface area (TPSA) is 84.2 Å². The number of carbonyl (C=O) groups excluding carboxylic acids is 2. The van der Waals surface area contributed by atoms with Gasteiger partial charge < -0.3 is 16.4 Å². The summed E-state index contributed by atoms with van der Waals surface area (Å²) in [5, 5.41) is 5.28. The Kier molecular flexibility index (Phi) is 6.23. The molecule has 4 N–H and O–H groups in total. The van der Waals surface area contributed by atoms with Crippen LogP contribution in [0.1, 0.15) is 13.8 Å². The highest BCUT2D eigenvalue weighted by Crippen LogP contribution is 2.13. The van der Waals surface area contributed by atoms with E-state index in [1.807, 2.05) is 0 Å². The van der Waals surface area contributed by atoms with Gasteiger partial charge in [-0.3, -0.25) is 9.59 Å². The molecule has 0 aromatic heterocycles. The van der Waals surface area contributed by atoms with Crippen LogP contribution in [-0.4, -0.2) is 17.9 Å². The lowest BCUT2D eigenvalue weighted by atomic mass is 10.2. The van der Waals surface area contributed by atoms with Gasteiger partial charge in [-0.15, -0.1) is 12.4 Å². The van der Waals surface area contributed by atoms with Gasteiger partial charge in [0.1, 0.15) is 0 Å². The molecular formula is C11H16ClN3O2. The van der Waals surface area contributed by atoms with Crippen LogP contribution in [0.15, 0.2) is 24.3 Å². The maximum atomic E-state index is 11.3. The van der Waals surface area contributed by atoms with Crippen molar-refractivity contribution in [2.45, 2.75) is 19.9 Å². The molecule has 0 spiro atoms. The van der Waals surface area contributed by atoms with Crippen molar-refractivity contribution >= 4 is 35.6 Å². The van der Waals surface area contributed by atoms with Crippen LogP contribution in [0.5, 0.6) is 0 Å². The largest absolute Gasteiger partial charge is 0.326 e. The first-order valence-electron chi connectivity index (χ1n) is 4.93. The number of nitrogens with two attached hydrogens (primary N) is 1. The molecule has 6 heteroatoms. The summed E-state index contributed by atoms with van der Waals surface area (Å²) in [6, 6.07) is 6.27. The van der Waals surface area contributed by atoms with Gasteiger partial charge in [0.15, 0.2) is 0 Å². The van der Waals surface area contributed by atoms with E-state index in [1.165, 1.54) is 6.92 Å². The molecule has 17 heavy (non-hydrogen) atoms. The summed E-state index contributed by atoms with van der Waals surface area (Å²) >= 11 is 0. The van der Waals surface area contributed by atoms with Gasteiger partial charge in [-0.05, 0) is 31.2 Å². The number of hydrogen-bond donors (Lipinski definition) is 3. The van der Waals surface area contributed by atoms with Crippen molar-refractivity contribution in [2.24, 2.45) is 5.73 Å². The predicted molar refractivity (Wildman–Crippen MR) is 70.3 cm³/mol. The molecule has 0 saturated heterocycles. The molecular weight excluding hydrogens is 242 g/mol. The number of anilines is 2. The van der Waals surface area contributed by atoms with Crippen LogP contribution < -0.4 is 16.4 Å². The molecule has 5 nitrogen and oxygen atoms in total. The van der Waals surface area contributed by atoms with Crippen LogP contribution in [0, 0.1) is 0 Å². The molecule has 0 fully saturated rings. The number of halogens is 1. The Labute approximate surface area is 106 Å². The molecule has 1 aromatic carbocycles. The van der Waals surface area contributed by atoms with E-state index < -0.39 is 6.04 Å². The zero-order valence-corrected chi connectivity index (χ0v) is 10.5. The molecule has 0 aliphatic rings. The first kappa shape index (κ1) is 15.4. The summed E-state index contributed by atoms with van der Waals surface area (Å²) in [7, 11) is 0. The van der Waals surface area contributed by atoms with E-state index in [1.54, 1.807) is 31.2 Å². The summed E-state index contributed by atoms with van der Waals surface area (Å²) in [5.41, 5.74) is 6.75. The van der Waals surface area contributed by atoms with Crippen LogP contribution in [0.4, 0.5) is 11.4 Å². The number of benzene rings is 1. The second-order valence-corrected chi connectivity index (χ2v) is 3.54. The maximum Gasteiger partial charge on any atom is 0.240 e. The van der Waals surface area contributed by atoms with Crippen molar-refractivity contribution in [2.75, 3.05) is 10.6 Å². The zero-order valence-electron chi connectivity index (χ0n) is 9.69. The van der Waals surface area contributed by atoms with Gasteiger partial charge in [-0.2, -0.15) is 0 Å². The van der Waals surface area contributed by atoms with Gasteiger partial charge in [0.05, 0.1) is 6.04 Å². The van der Waals surface area contributed by atoms with Crippen LogP contribution in [-0.2, 0) is 9.59 Å². The summed E-state index contributed by atoms with van der Waals surface area (Å²) in [6.07, 6.45) is 0. The molecule has 0 radical (unpaired) electrons. The summed E-state index contributed by atoms with van der Waals surface area (Å²) < 4.78 is 0. The monoisotopic (exact) mass is 257 g/mol. The Morgan fingerprint density at radius 3 is 1.88 bits per heavy atom. The fraction of sp³-hybridized carbons (Fsp3) is 0.273. The lowest BCUT2D eigenvalue weighted by molar-refractivity contribution is -0.117. The van der Waals surface area contributed by atoms with E-state index in [0.29, 0.717) is 11.4 Å². The van der Waals surface area contributed by atoms with Gasteiger partial charge in [-0.25, -0.2) is 0 Å². The molecule has 1 rings (SSSR count). The highest BCUT2D eigenvalue weighted by Gasteiger charge is 2.06. The second-order valence-electron chi connectivity index (χ2n) is 3.54. The van der Waals surface area contributed by atoms with Crippen molar-refractivity contribution in [1.29, 1.82) is 0 Å². The first-order chi connectivity index (χ1) is 7.49. The van der Waals surface area contributed by atoms with Crippen molar-refractivity contribution in [3.8, 4) is 0 Å². The Balaban J connectivity index is 0.00000256. The summed E-state index contributed by atoms with van der Waals surface area (Å²) in [6.45, 7) is 3.05. The maximum absolute atomic E-state index is 11.3. The van der Waals surface area contributed by atoms with Crippen molar-refractivity contribution < 1.29 is 9.59 Å². The van der Waals surface area contributed by atoms with Gasteiger partial charge >= 0.3 is 0 Å². The van der Waals surface area contributed by atoms with E-state index in [2.05, 4.69) is 10.6 Å². The van der Waals surface area contributed by atoms with Gasteiger partial charge in [0, 0.05) is 18.3 Å². The minimum absolute atomic E-state index is 0. The molecule has 0 saturated carbocycles. The van der Waals surface area contributed by atoms with E-state index >= 15 is 0 Å². The van der Waals surface area contributed by atoms with E-state index in [9.17, 15) is 9.59 Å². The van der Waals surface area contributed by atoms with Crippen LogP contribution in [0.25, 0.3) is 0 Å². The molecule has 1 atom stereocenters. The van der Waals surface area contributed by atoms with E-state index in [4.69, 9.17) is 5.73 Å². The van der Waals surface area contributed by atoms with Crippen LogP contribution >= 0.6 is 12.4 Å². The highest BCUT2D eigenvalue weighted by molar-refractivity contribution is 5.95. The summed E-state index contributed by atoms with van der Waals surface area (Å²) in [5.74, 6) is -0.375. The Morgan fingerprint density at radius 2 is 1.53 bits per heavy atom. The standard InChI is InChI=1S/C11H15N3O2.ClH/c1-7(12)11(16)14-10-5-3-9(4-6-10)13-8(2)15;/h3-7H,12H2,1-2H3,(H,13,15)(H,14,16);1H/t7-;/m1./s1. The number of nitrogens with one attached hydrogen (secondary N) is 2. The Bertz CT molecular complexity index is 390. The third kappa shape index (κ3) is 5.33. The predicted octanol–water partition coefficient (Wildman–Crippen LogP) is 1.35. The smallest absolute Gasteiger partial charge is 0.240 e. The normalized spacial score (nSPS) is 11.0. The molecule has 0 aliphatic carbocycles. The Hall–Kier alpha value is -1.59. The van der Waals surface area contributed by atoms with Crippen molar-refractivity contribution in [3.05, 3.63) is 24.3 Å². The molecule has 2 amide bonds. The second kappa shape index (κ2) is 6.88. The average Bonchev–Trinajstić information content (AvgIpc) is 2.20. The first-order valence-corrected chi connectivity index (χ1v) is 4.93. The molecule has 0 heterocycles. The van der Waals surface area contributed by atoms with Gasteiger partial charge in [0.2, 0.25) is 11.8 Å². The number of amides is 2. The molecule has 0 unspecified atom stereocenters. The fourth-order valence-electron chi connectivity index (χ4n) is 1.10. The van der Waals surface area contributed by atoms with Crippen LogP contribution in [0.2, 0.25) is 0 Å². The lowest BCUT2D eigenvalue weighted by Gasteiger charge is -2.08. The van der Waals surface area contributed by atoms with E-state index in [0.717, 1.165) is 0 Å². The van der Waals surface area contributed by atoms with Gasteiger partial charge in [-0.1, -0.05) is 0 Å². The number of rotatable bonds is 3. The zero-order chi connectivity index (χ0) is 12.1. The minimum atomic E-state index is -0.546. The van der Waals surface area contributed by atoms with E-state index in [-0.39, 0.29) is 24.2 Å². The molecule has 0 bridgehead atoms. The minimum Gasteiger partial charge on any atom is -0.326 e. The fourth-order valence-corrected chi connectivity index (χ4v) is 1.10. The molecule has 94 valence electrons. The van der Waals surface area contributed by atoms with Crippen molar-refractivity contribution in [3.63, 3.8) is 0 Å². The summed E-state index contributed by atoms with van der Waals surface area (Å²) in [4.78, 5) is 22.0.